The molecule has 4 rings (SSSR count). The summed E-state index contributed by atoms with van der Waals surface area (Å²) in [5, 5.41) is 23.6. The summed E-state index contributed by atoms with van der Waals surface area (Å²) >= 11 is 0. The molecular weight excluding hydrogens is 428 g/mol. The molecule has 0 bridgehead atoms. The molecule has 2 aliphatic heterocycles. The fraction of sp³-hybridized carbons (Fsp3) is 0.565. The largest absolute Gasteiger partial charge is 0.473 e. The Labute approximate surface area is 192 Å². The van der Waals surface area contributed by atoms with Crippen molar-refractivity contribution < 1.29 is 29.3 Å². The Morgan fingerprint density at radius 3 is 2.21 bits per heavy atom. The monoisotopic (exact) mass is 460 g/mol. The second-order valence-electron chi connectivity index (χ2n) is 8.64. The van der Waals surface area contributed by atoms with Gasteiger partial charge in [0.05, 0.1) is 5.52 Å². The third-order valence-corrected chi connectivity index (χ3v) is 6.07. The molecule has 0 spiro atoms. The molecule has 0 radical (unpaired) electrons. The molecule has 3 N–H and O–H groups in total. The number of carbonyl (C=O) groups excluding carboxylic acids is 1. The Kier molecular flexibility index (Phi) is 8.40. The number of carboxylic acid groups (broad SMARTS) is 2. The lowest BCUT2D eigenvalue weighted by molar-refractivity contribution is -0.159. The fourth-order valence-electron chi connectivity index (χ4n) is 4.36. The van der Waals surface area contributed by atoms with Gasteiger partial charge in [0.15, 0.2) is 5.69 Å². The second-order valence-corrected chi connectivity index (χ2v) is 8.64. The fourth-order valence-corrected chi connectivity index (χ4v) is 4.36. The van der Waals surface area contributed by atoms with Gasteiger partial charge in [0.2, 0.25) is 0 Å². The number of carboxylic acids is 2. The van der Waals surface area contributed by atoms with E-state index in [1.54, 1.807) is 0 Å². The van der Waals surface area contributed by atoms with Crippen LogP contribution >= 0.6 is 0 Å². The van der Waals surface area contributed by atoms with Crippen molar-refractivity contribution in [3.8, 4) is 0 Å². The third kappa shape index (κ3) is 6.29. The van der Waals surface area contributed by atoms with Crippen LogP contribution in [0.15, 0.2) is 24.3 Å². The minimum atomic E-state index is -1.82. The van der Waals surface area contributed by atoms with Crippen LogP contribution in [0.1, 0.15) is 56.1 Å². The molecular formula is C23H32N4O6. The average molecular weight is 461 g/mol. The summed E-state index contributed by atoms with van der Waals surface area (Å²) < 4.78 is 7.42. The summed E-state index contributed by atoms with van der Waals surface area (Å²) in [5.74, 6) is -3.69. The number of rotatable bonds is 4. The number of hydrogen-bond acceptors (Lipinski definition) is 6. The van der Waals surface area contributed by atoms with E-state index in [1.165, 1.54) is 0 Å². The van der Waals surface area contributed by atoms with Crippen molar-refractivity contribution >= 4 is 28.7 Å². The lowest BCUT2D eigenvalue weighted by atomic mass is 9.99. The van der Waals surface area contributed by atoms with E-state index in [-0.39, 0.29) is 18.0 Å². The van der Waals surface area contributed by atoms with E-state index < -0.39 is 11.9 Å². The first-order valence-electron chi connectivity index (χ1n) is 11.3. The lowest BCUT2D eigenvalue weighted by Gasteiger charge is -2.39. The Morgan fingerprint density at radius 1 is 1.03 bits per heavy atom. The van der Waals surface area contributed by atoms with Gasteiger partial charge in [-0.2, -0.15) is 5.10 Å². The standard InChI is InChI=1S/C21H30N4O2.C2H2O4/c1-15(2)25-19-6-4-3-5-18(19)20(23-25)21(26)22-16-7-11-24(12-8-16)17-9-13-27-14-10-17;3-1(4)2(5)6/h3-6,15-17H,7-14H2,1-2H3,(H,22,26);(H,3,4)(H,5,6). The maximum atomic E-state index is 12.9. The van der Waals surface area contributed by atoms with Gasteiger partial charge in [-0.15, -0.1) is 0 Å². The summed E-state index contributed by atoms with van der Waals surface area (Å²) in [6, 6.07) is 9.10. The highest BCUT2D eigenvalue weighted by Gasteiger charge is 2.28. The van der Waals surface area contributed by atoms with E-state index in [2.05, 4.69) is 29.2 Å². The van der Waals surface area contributed by atoms with Crippen LogP contribution in [0.2, 0.25) is 0 Å². The molecule has 0 saturated carbocycles. The molecule has 2 saturated heterocycles. The zero-order valence-electron chi connectivity index (χ0n) is 19.1. The highest BCUT2D eigenvalue weighted by Crippen LogP contribution is 2.23. The van der Waals surface area contributed by atoms with Gasteiger partial charge in [0.25, 0.3) is 5.91 Å². The summed E-state index contributed by atoms with van der Waals surface area (Å²) in [7, 11) is 0. The number of ether oxygens (including phenoxy) is 1. The number of piperidine rings is 1. The van der Waals surface area contributed by atoms with Gasteiger partial charge >= 0.3 is 11.9 Å². The van der Waals surface area contributed by atoms with Crippen molar-refractivity contribution in [1.29, 1.82) is 0 Å². The molecule has 10 heteroatoms. The number of amides is 1. The molecule has 1 amide bonds. The van der Waals surface area contributed by atoms with Crippen molar-refractivity contribution in [3.63, 3.8) is 0 Å². The minimum absolute atomic E-state index is 0.0462. The third-order valence-electron chi connectivity index (χ3n) is 6.07. The van der Waals surface area contributed by atoms with E-state index >= 15 is 0 Å². The predicted octanol–water partition coefficient (Wildman–Crippen LogP) is 2.15. The van der Waals surface area contributed by atoms with E-state index in [0.29, 0.717) is 11.7 Å². The summed E-state index contributed by atoms with van der Waals surface area (Å²) in [5.41, 5.74) is 1.57. The quantitative estimate of drug-likeness (QED) is 0.591. The molecule has 0 atom stereocenters. The van der Waals surface area contributed by atoms with Gasteiger partial charge in [0.1, 0.15) is 0 Å². The van der Waals surface area contributed by atoms with Gasteiger partial charge in [-0.25, -0.2) is 9.59 Å². The molecule has 1 aromatic carbocycles. The van der Waals surface area contributed by atoms with Crippen LogP contribution in [0, 0.1) is 0 Å². The smallest absolute Gasteiger partial charge is 0.414 e. The Balaban J connectivity index is 0.000000454. The van der Waals surface area contributed by atoms with E-state index in [1.807, 2.05) is 28.9 Å². The number of hydrogen-bond donors (Lipinski definition) is 3. The molecule has 33 heavy (non-hydrogen) atoms. The van der Waals surface area contributed by atoms with Gasteiger partial charge in [-0.05, 0) is 45.6 Å². The molecule has 2 fully saturated rings. The molecule has 0 aliphatic carbocycles. The highest BCUT2D eigenvalue weighted by molar-refractivity contribution is 6.27. The maximum Gasteiger partial charge on any atom is 0.414 e. The first kappa shape index (κ1) is 24.7. The SMILES string of the molecule is CC(C)n1nc(C(=O)NC2CCN(C3CCOCC3)CC2)c2ccccc21.O=C(O)C(=O)O. The first-order chi connectivity index (χ1) is 15.8. The van der Waals surface area contributed by atoms with Gasteiger partial charge in [-0.1, -0.05) is 18.2 Å². The molecule has 1 aromatic heterocycles. The van der Waals surface area contributed by atoms with E-state index in [0.717, 1.165) is 62.9 Å². The average Bonchev–Trinajstić information content (AvgIpc) is 3.21. The topological polar surface area (TPSA) is 134 Å². The number of para-hydroxylation sites is 1. The zero-order chi connectivity index (χ0) is 24.0. The number of aromatic nitrogens is 2. The number of carbonyl (C=O) groups is 3. The number of likely N-dealkylation sites (tertiary alicyclic amines) is 1. The van der Waals surface area contributed by atoms with Crippen LogP contribution in [0.5, 0.6) is 0 Å². The summed E-state index contributed by atoms with van der Waals surface area (Å²) in [4.78, 5) is 33.7. The maximum absolute atomic E-state index is 12.9. The molecule has 3 heterocycles. The predicted molar refractivity (Wildman–Crippen MR) is 121 cm³/mol. The molecule has 180 valence electrons. The molecule has 10 nitrogen and oxygen atoms in total. The molecule has 2 aromatic rings. The zero-order valence-corrected chi connectivity index (χ0v) is 19.1. The van der Waals surface area contributed by atoms with Crippen LogP contribution in [0.25, 0.3) is 10.9 Å². The number of aliphatic carboxylic acids is 2. The van der Waals surface area contributed by atoms with Gasteiger partial charge < -0.3 is 25.2 Å². The van der Waals surface area contributed by atoms with Crippen molar-refractivity contribution in [1.82, 2.24) is 20.0 Å². The number of nitrogens with zero attached hydrogens (tertiary/aromatic N) is 3. The Hall–Kier alpha value is -2.98. The van der Waals surface area contributed by atoms with E-state index in [9.17, 15) is 4.79 Å². The van der Waals surface area contributed by atoms with Gasteiger partial charge in [-0.3, -0.25) is 9.48 Å². The number of fused-ring (bicyclic) bond motifs is 1. The lowest BCUT2D eigenvalue weighted by Crippen LogP contribution is -2.49. The van der Waals surface area contributed by atoms with Gasteiger partial charge in [0, 0.05) is 49.8 Å². The first-order valence-corrected chi connectivity index (χ1v) is 11.3. The number of benzene rings is 1. The van der Waals surface area contributed by atoms with E-state index in [4.69, 9.17) is 24.5 Å². The van der Waals surface area contributed by atoms with Crippen molar-refractivity contribution in [2.75, 3.05) is 26.3 Å². The Bertz CT molecular complexity index is 962. The van der Waals surface area contributed by atoms with Crippen molar-refractivity contribution in [2.45, 2.75) is 57.7 Å². The molecule has 0 unspecified atom stereocenters. The van der Waals surface area contributed by atoms with Crippen molar-refractivity contribution in [2.24, 2.45) is 0 Å². The summed E-state index contributed by atoms with van der Waals surface area (Å²) in [6.07, 6.45) is 4.28. The summed E-state index contributed by atoms with van der Waals surface area (Å²) in [6.45, 7) is 8.05. The van der Waals surface area contributed by atoms with Crippen molar-refractivity contribution in [3.05, 3.63) is 30.0 Å². The highest BCUT2D eigenvalue weighted by atomic mass is 16.5. The molecule has 2 aliphatic rings. The number of nitrogens with one attached hydrogen (secondary N) is 1. The van der Waals surface area contributed by atoms with Crippen LogP contribution < -0.4 is 5.32 Å². The van der Waals surface area contributed by atoms with Crippen LogP contribution in [-0.4, -0.2) is 81.1 Å². The van der Waals surface area contributed by atoms with Crippen LogP contribution in [0.3, 0.4) is 0 Å². The Morgan fingerprint density at radius 2 is 1.64 bits per heavy atom. The van der Waals surface area contributed by atoms with Crippen LogP contribution in [-0.2, 0) is 14.3 Å². The normalized spacial score (nSPS) is 18.0. The minimum Gasteiger partial charge on any atom is -0.473 e. The second kappa shape index (κ2) is 11.2. The van der Waals surface area contributed by atoms with Crippen LogP contribution in [0.4, 0.5) is 0 Å².